The van der Waals surface area contributed by atoms with E-state index in [1.807, 2.05) is 0 Å². The van der Waals surface area contributed by atoms with Gasteiger partial charge < -0.3 is 35.5 Å². The topological polar surface area (TPSA) is 259 Å². The molecule has 0 saturated carbocycles. The Morgan fingerprint density at radius 3 is 1.76 bits per heavy atom. The smallest absolute Gasteiger partial charge is 0.410 e. The van der Waals surface area contributed by atoms with Gasteiger partial charge in [-0.3, -0.25) is 30.4 Å². The molecule has 18 nitrogen and oxygen atoms in total. The number of hydrogen-bond donors (Lipinski definition) is 4. The number of amides is 2. The van der Waals surface area contributed by atoms with E-state index in [0.29, 0.717) is 0 Å². The van der Waals surface area contributed by atoms with E-state index in [0.717, 1.165) is 24.3 Å². The van der Waals surface area contributed by atoms with Crippen molar-refractivity contribution in [2.24, 2.45) is 5.73 Å². The third kappa shape index (κ3) is 8.87. The second-order valence-corrected chi connectivity index (χ2v) is 11.2. The number of nitrogens with zero attached hydrogens (tertiary/aromatic N) is 3. The summed E-state index contributed by atoms with van der Waals surface area (Å²) in [6, 6.07) is 9.04. The molecule has 0 aromatic heterocycles. The normalized spacial score (nSPS) is 14.5. The average molecular weight is 644 g/mol. The fourth-order valence-corrected chi connectivity index (χ4v) is 4.24. The Balaban J connectivity index is 1.87. The van der Waals surface area contributed by atoms with Gasteiger partial charge in [-0.05, 0) is 62.6 Å². The van der Waals surface area contributed by atoms with Gasteiger partial charge in [-0.25, -0.2) is 14.4 Å². The van der Waals surface area contributed by atoms with E-state index >= 15 is 0 Å². The van der Waals surface area contributed by atoms with Gasteiger partial charge >= 0.3 is 23.6 Å². The SMILES string of the molecule is CC(C)(C)OC(=O)N1CC[C@H](NC(=O)C(NC(=N)N)(C(=O)OCc2ccc([N+](=O)[O-])cc2)C(=O)OCc2ccc([N+](=O)[O-])cc2)C1. The number of rotatable bonds is 11. The number of nitrogens with one attached hydrogen (secondary N) is 3. The first-order valence-electron chi connectivity index (χ1n) is 13.7. The molecule has 1 aliphatic rings. The molecule has 1 saturated heterocycles. The van der Waals surface area contributed by atoms with E-state index in [1.165, 1.54) is 29.2 Å². The highest BCUT2D eigenvalue weighted by Gasteiger charge is 2.58. The first-order chi connectivity index (χ1) is 21.5. The Morgan fingerprint density at radius 1 is 0.913 bits per heavy atom. The largest absolute Gasteiger partial charge is 0.458 e. The van der Waals surface area contributed by atoms with Crippen molar-refractivity contribution in [3.05, 3.63) is 79.9 Å². The number of likely N-dealkylation sites (tertiary alicyclic amines) is 1. The predicted octanol–water partition coefficient (Wildman–Crippen LogP) is 1.64. The van der Waals surface area contributed by atoms with Gasteiger partial charge in [0.15, 0.2) is 5.96 Å². The average Bonchev–Trinajstić information content (AvgIpc) is 3.45. The monoisotopic (exact) mass is 643 g/mol. The van der Waals surface area contributed by atoms with Crippen molar-refractivity contribution in [1.82, 2.24) is 15.5 Å². The minimum absolute atomic E-state index is 0.0352. The number of non-ortho nitro benzene ring substituents is 2. The molecular formula is C28H33N7O11. The lowest BCUT2D eigenvalue weighted by atomic mass is 9.97. The number of benzene rings is 2. The number of nitro benzene ring substituents is 2. The lowest BCUT2D eigenvalue weighted by molar-refractivity contribution is -0.385. The van der Waals surface area contributed by atoms with Gasteiger partial charge in [0.25, 0.3) is 17.3 Å². The molecule has 0 aliphatic carbocycles. The molecule has 0 bridgehead atoms. The molecule has 0 radical (unpaired) electrons. The summed E-state index contributed by atoms with van der Waals surface area (Å²) in [5, 5.41) is 34.3. The molecule has 246 valence electrons. The van der Waals surface area contributed by atoms with Gasteiger partial charge in [-0.2, -0.15) is 0 Å². The number of carbonyl (C=O) groups excluding carboxylic acids is 4. The molecule has 1 aliphatic heterocycles. The van der Waals surface area contributed by atoms with Crippen molar-refractivity contribution in [2.75, 3.05) is 13.1 Å². The summed E-state index contributed by atoms with van der Waals surface area (Å²) in [4.78, 5) is 75.5. The third-order valence-corrected chi connectivity index (χ3v) is 6.48. The van der Waals surface area contributed by atoms with Crippen LogP contribution in [0.4, 0.5) is 16.2 Å². The maximum atomic E-state index is 13.8. The maximum absolute atomic E-state index is 13.8. The molecular weight excluding hydrogens is 610 g/mol. The summed E-state index contributed by atoms with van der Waals surface area (Å²) in [6.45, 7) is 4.12. The van der Waals surface area contributed by atoms with Crippen LogP contribution in [0.2, 0.25) is 0 Å². The Kier molecular flexibility index (Phi) is 10.8. The number of hydrogen-bond acceptors (Lipinski definition) is 12. The first-order valence-corrected chi connectivity index (χ1v) is 13.7. The van der Waals surface area contributed by atoms with Crippen LogP contribution in [0.5, 0.6) is 0 Å². The minimum atomic E-state index is -3.06. The number of ether oxygens (including phenoxy) is 3. The predicted molar refractivity (Wildman–Crippen MR) is 158 cm³/mol. The minimum Gasteiger partial charge on any atom is -0.458 e. The van der Waals surface area contributed by atoms with Crippen LogP contribution >= 0.6 is 0 Å². The van der Waals surface area contributed by atoms with E-state index in [4.69, 9.17) is 25.4 Å². The maximum Gasteiger partial charge on any atom is 0.410 e. The number of nitrogens with two attached hydrogens (primary N) is 1. The van der Waals surface area contributed by atoms with E-state index in [9.17, 15) is 39.4 Å². The number of esters is 2. The Morgan fingerprint density at radius 2 is 1.37 bits per heavy atom. The highest BCUT2D eigenvalue weighted by atomic mass is 16.6. The van der Waals surface area contributed by atoms with E-state index in [1.54, 1.807) is 20.8 Å². The first kappa shape index (κ1) is 34.7. The van der Waals surface area contributed by atoms with Gasteiger partial charge in [0.05, 0.1) is 9.85 Å². The Labute approximate surface area is 261 Å². The molecule has 1 atom stereocenters. The number of guanidine groups is 1. The summed E-state index contributed by atoms with van der Waals surface area (Å²) in [7, 11) is 0. The van der Waals surface area contributed by atoms with Crippen LogP contribution in [-0.4, -0.2) is 74.9 Å². The molecule has 2 aromatic rings. The molecule has 5 N–H and O–H groups in total. The summed E-state index contributed by atoms with van der Waals surface area (Å²) >= 11 is 0. The van der Waals surface area contributed by atoms with Crippen molar-refractivity contribution < 1.29 is 43.2 Å². The van der Waals surface area contributed by atoms with Crippen molar-refractivity contribution in [1.29, 1.82) is 5.41 Å². The van der Waals surface area contributed by atoms with Crippen LogP contribution in [0.25, 0.3) is 0 Å². The van der Waals surface area contributed by atoms with Crippen LogP contribution in [0, 0.1) is 25.6 Å². The van der Waals surface area contributed by atoms with Gasteiger partial charge in [0.2, 0.25) is 0 Å². The highest BCUT2D eigenvalue weighted by molar-refractivity contribution is 6.26. The second-order valence-electron chi connectivity index (χ2n) is 11.2. The van der Waals surface area contributed by atoms with Crippen molar-refractivity contribution in [3.8, 4) is 0 Å². The second kappa shape index (κ2) is 14.3. The lowest BCUT2D eigenvalue weighted by Gasteiger charge is -2.30. The van der Waals surface area contributed by atoms with Crippen LogP contribution in [0.1, 0.15) is 38.3 Å². The molecule has 0 spiro atoms. The van der Waals surface area contributed by atoms with Gasteiger partial charge in [-0.15, -0.1) is 0 Å². The van der Waals surface area contributed by atoms with Crippen LogP contribution < -0.4 is 16.4 Å². The van der Waals surface area contributed by atoms with Crippen molar-refractivity contribution in [3.63, 3.8) is 0 Å². The van der Waals surface area contributed by atoms with Gasteiger partial charge in [0, 0.05) is 43.4 Å². The van der Waals surface area contributed by atoms with Crippen molar-refractivity contribution >= 4 is 41.3 Å². The van der Waals surface area contributed by atoms with Crippen LogP contribution in [-0.2, 0) is 41.8 Å². The van der Waals surface area contributed by atoms with E-state index < -0.39 is 70.1 Å². The zero-order valence-electron chi connectivity index (χ0n) is 25.1. The fraction of sp³-hybridized carbons (Fsp3) is 0.393. The van der Waals surface area contributed by atoms with Gasteiger partial charge in [-0.1, -0.05) is 0 Å². The lowest BCUT2D eigenvalue weighted by Crippen LogP contribution is -2.71. The zero-order valence-corrected chi connectivity index (χ0v) is 25.1. The quantitative estimate of drug-likeness (QED) is 0.0517. The van der Waals surface area contributed by atoms with Gasteiger partial charge in [0.1, 0.15) is 18.8 Å². The molecule has 2 aromatic carbocycles. The highest BCUT2D eigenvalue weighted by Crippen LogP contribution is 2.21. The summed E-state index contributed by atoms with van der Waals surface area (Å²) < 4.78 is 15.9. The number of carbonyl (C=O) groups is 4. The summed E-state index contributed by atoms with van der Waals surface area (Å²) in [5.74, 6) is -5.32. The standard InChI is InChI=1S/C28H33N7O11/c1-27(2,3)46-26(39)33-13-12-19(14-33)31-22(36)28(32-25(29)30,23(37)44-15-17-4-8-20(9-5-17)34(40)41)24(38)45-16-18-6-10-21(11-7-18)35(42)43/h4-11,19H,12-16H2,1-3H3,(H,31,36)(H4,29,30,32)/t19-/m0/s1. The van der Waals surface area contributed by atoms with Crippen LogP contribution in [0.3, 0.4) is 0 Å². The molecule has 3 rings (SSSR count). The molecule has 18 heteroatoms. The Bertz CT molecular complexity index is 1430. The zero-order chi connectivity index (χ0) is 34.2. The van der Waals surface area contributed by atoms with E-state index in [-0.39, 0.29) is 42.0 Å². The molecule has 46 heavy (non-hydrogen) atoms. The fourth-order valence-electron chi connectivity index (χ4n) is 4.24. The van der Waals surface area contributed by atoms with Crippen LogP contribution in [0.15, 0.2) is 48.5 Å². The molecule has 1 heterocycles. The molecule has 2 amide bonds. The Hall–Kier alpha value is -5.81. The van der Waals surface area contributed by atoms with E-state index in [2.05, 4.69) is 10.6 Å². The summed E-state index contributed by atoms with van der Waals surface area (Å²) in [5.41, 5.74) is 1.73. The summed E-state index contributed by atoms with van der Waals surface area (Å²) in [6.07, 6.45) is -0.418. The van der Waals surface area contributed by atoms with Crippen molar-refractivity contribution in [2.45, 2.75) is 57.6 Å². The number of nitro groups is 2. The third-order valence-electron chi connectivity index (χ3n) is 6.48. The molecule has 0 unspecified atom stereocenters. The molecule has 1 fully saturated rings.